The number of hydrogen-bond acceptors (Lipinski definition) is 7. The number of phosphoric acid groups is 1. The number of nitrogens with zero attached hydrogens (tertiary/aromatic N) is 1. The Bertz CT molecular complexity index is 874. The van der Waals surface area contributed by atoms with Gasteiger partial charge in [0.15, 0.2) is 0 Å². The van der Waals surface area contributed by atoms with Crippen LogP contribution < -0.4 is 4.89 Å². The lowest BCUT2D eigenvalue weighted by Crippen LogP contribution is -2.37. The van der Waals surface area contributed by atoms with Crippen LogP contribution in [-0.4, -0.2) is 70.7 Å². The van der Waals surface area contributed by atoms with Crippen molar-refractivity contribution in [3.8, 4) is 0 Å². The third kappa shape index (κ3) is 40.0. The van der Waals surface area contributed by atoms with Crippen molar-refractivity contribution < 1.29 is 37.3 Å². The molecule has 51 heavy (non-hydrogen) atoms. The molecule has 2 atom stereocenters. The van der Waals surface area contributed by atoms with Crippen LogP contribution in [0.15, 0.2) is 24.3 Å². The molecule has 0 radical (unpaired) electrons. The van der Waals surface area contributed by atoms with Crippen molar-refractivity contribution in [3.63, 3.8) is 0 Å². The van der Waals surface area contributed by atoms with E-state index in [1.807, 2.05) is 21.1 Å². The number of unbranched alkanes of at least 4 members (excludes halogenated alkanes) is 21. The van der Waals surface area contributed by atoms with Crippen LogP contribution in [0.3, 0.4) is 0 Å². The molecular weight excluding hydrogens is 661 g/mol. The zero-order chi connectivity index (χ0) is 37.7. The number of esters is 1. The Labute approximate surface area is 315 Å². The third-order valence-electron chi connectivity index (χ3n) is 9.01. The van der Waals surface area contributed by atoms with Crippen LogP contribution in [0.5, 0.6) is 0 Å². The van der Waals surface area contributed by atoms with Gasteiger partial charge in [-0.2, -0.15) is 0 Å². The molecule has 0 aromatic carbocycles. The molecule has 0 heterocycles. The Hall–Kier alpha value is -1.02. The second-order valence-electron chi connectivity index (χ2n) is 15.4. The molecule has 0 amide bonds. The molecule has 9 heteroatoms. The first-order chi connectivity index (χ1) is 24.6. The standard InChI is InChI=1S/C42H82NO7P/c1-6-8-10-12-14-16-18-20-22-23-25-27-29-31-33-35-42(44)50-41(40-49-51(45,46)48-38-36-43(3,4)5)39-47-37-34-32-30-28-26-24-21-19-17-15-13-11-9-7-2/h14,16,20,22,41H,6-13,15,17-19,21,23-40H2,1-5H3/b16-14-,22-20-/t41-/m1/s1. The second kappa shape index (κ2) is 36.0. The minimum atomic E-state index is -4.52. The summed E-state index contributed by atoms with van der Waals surface area (Å²) in [5.74, 6) is -0.346. The fraction of sp³-hybridized carbons (Fsp3) is 0.881. The summed E-state index contributed by atoms with van der Waals surface area (Å²) in [4.78, 5) is 25.0. The van der Waals surface area contributed by atoms with E-state index < -0.39 is 13.9 Å². The first-order valence-electron chi connectivity index (χ1n) is 21.1. The van der Waals surface area contributed by atoms with Gasteiger partial charge in [0.05, 0.1) is 34.4 Å². The fourth-order valence-corrected chi connectivity index (χ4v) is 6.42. The van der Waals surface area contributed by atoms with Gasteiger partial charge in [-0.15, -0.1) is 0 Å². The molecular formula is C42H82NO7P. The summed E-state index contributed by atoms with van der Waals surface area (Å²) in [5, 5.41) is 0. The molecule has 0 aliphatic heterocycles. The first kappa shape index (κ1) is 50.0. The SMILES string of the molecule is CCCCC/C=C\C/C=C\CCCCCCCC(=O)O[C@H](COCCCCCCCCCCCCCCCC)COP(=O)([O-])OCC[N+](C)(C)C. The van der Waals surface area contributed by atoms with E-state index in [2.05, 4.69) is 38.2 Å². The molecule has 0 rings (SSSR count). The van der Waals surface area contributed by atoms with Crippen LogP contribution in [0.4, 0.5) is 0 Å². The lowest BCUT2D eigenvalue weighted by Gasteiger charge is -2.28. The number of carbonyl (C=O) groups excluding carboxylic acids is 1. The molecule has 0 N–H and O–H groups in total. The summed E-state index contributed by atoms with van der Waals surface area (Å²) in [6.07, 6.45) is 38.9. The Kier molecular flexibility index (Phi) is 35.3. The highest BCUT2D eigenvalue weighted by molar-refractivity contribution is 7.45. The highest BCUT2D eigenvalue weighted by atomic mass is 31.2. The number of phosphoric ester groups is 1. The number of rotatable bonds is 39. The Morgan fingerprint density at radius 2 is 1.08 bits per heavy atom. The van der Waals surface area contributed by atoms with Crippen LogP contribution in [0.1, 0.15) is 181 Å². The van der Waals surface area contributed by atoms with Gasteiger partial charge in [0, 0.05) is 13.0 Å². The van der Waals surface area contributed by atoms with Crippen LogP contribution in [0.2, 0.25) is 0 Å². The number of quaternary nitrogens is 1. The van der Waals surface area contributed by atoms with Gasteiger partial charge < -0.3 is 27.9 Å². The lowest BCUT2D eigenvalue weighted by atomic mass is 10.0. The lowest BCUT2D eigenvalue weighted by molar-refractivity contribution is -0.870. The zero-order valence-corrected chi connectivity index (χ0v) is 35.0. The summed E-state index contributed by atoms with van der Waals surface area (Å²) in [6.45, 7) is 5.38. The topological polar surface area (TPSA) is 94.1 Å². The molecule has 0 aromatic rings. The molecule has 0 spiro atoms. The number of likely N-dealkylation sites (N-methyl/N-ethyl adjacent to an activating group) is 1. The summed E-state index contributed by atoms with van der Waals surface area (Å²) in [7, 11) is 1.35. The highest BCUT2D eigenvalue weighted by Gasteiger charge is 2.20. The van der Waals surface area contributed by atoms with Crippen LogP contribution >= 0.6 is 7.82 Å². The Morgan fingerprint density at radius 3 is 1.63 bits per heavy atom. The van der Waals surface area contributed by atoms with Gasteiger partial charge in [-0.3, -0.25) is 9.36 Å². The van der Waals surface area contributed by atoms with Crippen LogP contribution in [0, 0.1) is 0 Å². The van der Waals surface area contributed by atoms with E-state index in [1.54, 1.807) is 0 Å². The highest BCUT2D eigenvalue weighted by Crippen LogP contribution is 2.38. The monoisotopic (exact) mass is 744 g/mol. The van der Waals surface area contributed by atoms with Crippen molar-refractivity contribution >= 4 is 13.8 Å². The average molecular weight is 744 g/mol. The van der Waals surface area contributed by atoms with E-state index >= 15 is 0 Å². The summed E-state index contributed by atoms with van der Waals surface area (Å²) in [6, 6.07) is 0. The smallest absolute Gasteiger partial charge is 0.306 e. The van der Waals surface area contributed by atoms with E-state index in [0.717, 1.165) is 57.8 Å². The van der Waals surface area contributed by atoms with Gasteiger partial charge in [-0.1, -0.05) is 154 Å². The van der Waals surface area contributed by atoms with Gasteiger partial charge in [-0.05, 0) is 44.9 Å². The molecule has 0 aliphatic carbocycles. The number of carbonyl (C=O) groups is 1. The molecule has 0 saturated carbocycles. The van der Waals surface area contributed by atoms with Gasteiger partial charge in [0.25, 0.3) is 7.82 Å². The van der Waals surface area contributed by atoms with E-state index in [4.69, 9.17) is 18.5 Å². The van der Waals surface area contributed by atoms with Crippen LogP contribution in [0.25, 0.3) is 0 Å². The molecule has 0 aliphatic rings. The molecule has 0 bridgehead atoms. The Morgan fingerprint density at radius 1 is 0.608 bits per heavy atom. The fourth-order valence-electron chi connectivity index (χ4n) is 5.69. The van der Waals surface area contributed by atoms with Gasteiger partial charge >= 0.3 is 5.97 Å². The van der Waals surface area contributed by atoms with E-state index in [0.29, 0.717) is 24.1 Å². The summed E-state index contributed by atoms with van der Waals surface area (Å²) >= 11 is 0. The maximum atomic E-state index is 12.6. The van der Waals surface area contributed by atoms with E-state index in [-0.39, 0.29) is 25.8 Å². The average Bonchev–Trinajstić information content (AvgIpc) is 3.08. The van der Waals surface area contributed by atoms with E-state index in [1.165, 1.54) is 103 Å². The van der Waals surface area contributed by atoms with Crippen molar-refractivity contribution in [2.45, 2.75) is 187 Å². The molecule has 302 valence electrons. The molecule has 1 unspecified atom stereocenters. The number of allylic oxidation sites excluding steroid dienone is 4. The number of ether oxygens (including phenoxy) is 2. The molecule has 0 fully saturated rings. The predicted molar refractivity (Wildman–Crippen MR) is 213 cm³/mol. The van der Waals surface area contributed by atoms with Crippen molar-refractivity contribution in [1.82, 2.24) is 0 Å². The van der Waals surface area contributed by atoms with Gasteiger partial charge in [-0.25, -0.2) is 0 Å². The van der Waals surface area contributed by atoms with Crippen molar-refractivity contribution in [3.05, 3.63) is 24.3 Å². The second-order valence-corrected chi connectivity index (χ2v) is 16.8. The van der Waals surface area contributed by atoms with Crippen molar-refractivity contribution in [2.24, 2.45) is 0 Å². The minimum absolute atomic E-state index is 0.0250. The predicted octanol–water partition coefficient (Wildman–Crippen LogP) is 11.4. The minimum Gasteiger partial charge on any atom is -0.756 e. The maximum absolute atomic E-state index is 12.6. The Balaban J connectivity index is 4.27. The molecule has 8 nitrogen and oxygen atoms in total. The quantitative estimate of drug-likeness (QED) is 0.0203. The number of hydrogen-bond donors (Lipinski definition) is 0. The van der Waals surface area contributed by atoms with Gasteiger partial charge in [0.2, 0.25) is 0 Å². The van der Waals surface area contributed by atoms with Crippen molar-refractivity contribution in [2.75, 3.05) is 54.1 Å². The van der Waals surface area contributed by atoms with Crippen molar-refractivity contribution in [1.29, 1.82) is 0 Å². The summed E-state index contributed by atoms with van der Waals surface area (Å²) < 4.78 is 34.5. The normalized spacial score (nSPS) is 14.1. The van der Waals surface area contributed by atoms with Gasteiger partial charge in [0.1, 0.15) is 19.3 Å². The maximum Gasteiger partial charge on any atom is 0.306 e. The van der Waals surface area contributed by atoms with Crippen LogP contribution in [-0.2, 0) is 27.9 Å². The largest absolute Gasteiger partial charge is 0.756 e. The summed E-state index contributed by atoms with van der Waals surface area (Å²) in [5.41, 5.74) is 0. The third-order valence-corrected chi connectivity index (χ3v) is 9.97. The molecule has 0 aromatic heterocycles. The molecule has 0 saturated heterocycles. The first-order valence-corrected chi connectivity index (χ1v) is 22.5. The zero-order valence-electron chi connectivity index (χ0n) is 34.1. The van der Waals surface area contributed by atoms with E-state index in [9.17, 15) is 14.3 Å².